The third-order valence-corrected chi connectivity index (χ3v) is 3.26. The molecule has 0 aliphatic rings. The van der Waals surface area contributed by atoms with Crippen molar-refractivity contribution < 1.29 is 19.2 Å². The van der Waals surface area contributed by atoms with Gasteiger partial charge in [0.15, 0.2) is 11.5 Å². The highest BCUT2D eigenvalue weighted by Gasteiger charge is 2.24. The highest BCUT2D eigenvalue weighted by atomic mass is 35.5. The molecule has 2 rings (SSSR count). The van der Waals surface area contributed by atoms with Crippen molar-refractivity contribution in [2.75, 3.05) is 19.5 Å². The normalized spacial score (nSPS) is 10.0. The summed E-state index contributed by atoms with van der Waals surface area (Å²) >= 11 is 5.85. The molecule has 8 heteroatoms. The molecule has 0 unspecified atom stereocenters. The lowest BCUT2D eigenvalue weighted by atomic mass is 10.1. The number of rotatable bonds is 5. The van der Waals surface area contributed by atoms with Crippen LogP contribution in [0.4, 0.5) is 11.4 Å². The highest BCUT2D eigenvalue weighted by molar-refractivity contribution is 6.31. The molecule has 0 spiro atoms. The second-order valence-electron chi connectivity index (χ2n) is 4.45. The van der Waals surface area contributed by atoms with Crippen LogP contribution in [0.2, 0.25) is 5.02 Å². The van der Waals surface area contributed by atoms with Crippen molar-refractivity contribution in [3.8, 4) is 11.5 Å². The van der Waals surface area contributed by atoms with Crippen LogP contribution in [0.3, 0.4) is 0 Å². The smallest absolute Gasteiger partial charge is 0.286 e. The maximum absolute atomic E-state index is 12.4. The van der Waals surface area contributed by atoms with Crippen LogP contribution < -0.4 is 14.8 Å². The number of nitrogens with one attached hydrogen (secondary N) is 1. The summed E-state index contributed by atoms with van der Waals surface area (Å²) in [5, 5.41) is 14.2. The number of amides is 1. The first kappa shape index (κ1) is 16.6. The molecule has 0 radical (unpaired) electrons. The third kappa shape index (κ3) is 3.70. The summed E-state index contributed by atoms with van der Waals surface area (Å²) in [5.41, 5.74) is -0.110. The number of methoxy groups -OCH3 is 2. The number of nitro benzene ring substituents is 1. The molecule has 0 saturated heterocycles. The first-order chi connectivity index (χ1) is 11.0. The fourth-order valence-electron chi connectivity index (χ4n) is 1.97. The van der Waals surface area contributed by atoms with E-state index in [1.54, 1.807) is 18.2 Å². The van der Waals surface area contributed by atoms with E-state index in [1.807, 2.05) is 0 Å². The van der Waals surface area contributed by atoms with Gasteiger partial charge in [-0.1, -0.05) is 17.7 Å². The zero-order chi connectivity index (χ0) is 17.0. The lowest BCUT2D eigenvalue weighted by Crippen LogP contribution is -2.14. The van der Waals surface area contributed by atoms with E-state index in [1.165, 1.54) is 26.4 Å². The number of hydrogen-bond acceptors (Lipinski definition) is 5. The van der Waals surface area contributed by atoms with E-state index in [4.69, 9.17) is 21.1 Å². The molecule has 2 aromatic rings. The monoisotopic (exact) mass is 336 g/mol. The minimum atomic E-state index is -0.658. The number of carbonyl (C=O) groups excluding carboxylic acids is 1. The van der Waals surface area contributed by atoms with Crippen molar-refractivity contribution in [1.82, 2.24) is 0 Å². The molecule has 1 N–H and O–H groups in total. The molecular formula is C15H13ClN2O5. The summed E-state index contributed by atoms with van der Waals surface area (Å²) in [6.07, 6.45) is 0. The van der Waals surface area contributed by atoms with Crippen LogP contribution in [0.25, 0.3) is 0 Å². The van der Waals surface area contributed by atoms with Crippen molar-refractivity contribution in [2.45, 2.75) is 0 Å². The number of halogens is 1. The number of benzene rings is 2. The second-order valence-corrected chi connectivity index (χ2v) is 4.88. The summed E-state index contributed by atoms with van der Waals surface area (Å²) < 4.78 is 10.1. The van der Waals surface area contributed by atoms with Gasteiger partial charge >= 0.3 is 0 Å². The molecule has 7 nitrogen and oxygen atoms in total. The van der Waals surface area contributed by atoms with Crippen LogP contribution in [-0.2, 0) is 0 Å². The number of nitrogens with zero attached hydrogens (tertiary/aromatic N) is 1. The molecule has 120 valence electrons. The molecule has 0 aliphatic carbocycles. The summed E-state index contributed by atoms with van der Waals surface area (Å²) in [7, 11) is 2.73. The van der Waals surface area contributed by atoms with Crippen molar-refractivity contribution in [1.29, 1.82) is 0 Å². The summed E-state index contributed by atoms with van der Waals surface area (Å²) in [6.45, 7) is 0. The van der Waals surface area contributed by atoms with E-state index >= 15 is 0 Å². The fourth-order valence-corrected chi connectivity index (χ4v) is 2.16. The average Bonchev–Trinajstić information content (AvgIpc) is 2.53. The number of ether oxygens (including phenoxy) is 2. The van der Waals surface area contributed by atoms with Gasteiger partial charge in [0.2, 0.25) is 0 Å². The van der Waals surface area contributed by atoms with E-state index in [0.717, 1.165) is 6.07 Å². The van der Waals surface area contributed by atoms with Crippen LogP contribution in [0.15, 0.2) is 36.4 Å². The van der Waals surface area contributed by atoms with E-state index in [2.05, 4.69) is 5.32 Å². The predicted octanol–water partition coefficient (Wildman–Crippen LogP) is 3.52. The molecule has 0 fully saturated rings. The SMILES string of the molecule is COc1cc(C(=O)Nc2cccc(Cl)c2)c([N+](=O)[O-])cc1OC. The van der Waals surface area contributed by atoms with Gasteiger partial charge in [-0.15, -0.1) is 0 Å². The van der Waals surface area contributed by atoms with Crippen molar-refractivity contribution in [3.63, 3.8) is 0 Å². The van der Waals surface area contributed by atoms with Gasteiger partial charge in [0.1, 0.15) is 5.56 Å². The van der Waals surface area contributed by atoms with Gasteiger partial charge in [-0.2, -0.15) is 0 Å². The molecule has 0 bridgehead atoms. The standard InChI is InChI=1S/C15H13ClN2O5/c1-22-13-7-11(12(18(20)21)8-14(13)23-2)15(19)17-10-5-3-4-9(16)6-10/h3-8H,1-2H3,(H,17,19). The Morgan fingerprint density at radius 1 is 1.17 bits per heavy atom. The Labute approximate surface area is 136 Å². The number of hydrogen-bond donors (Lipinski definition) is 1. The molecule has 0 saturated carbocycles. The lowest BCUT2D eigenvalue weighted by molar-refractivity contribution is -0.385. The van der Waals surface area contributed by atoms with Crippen LogP contribution in [-0.4, -0.2) is 25.1 Å². The summed E-state index contributed by atoms with van der Waals surface area (Å²) in [4.78, 5) is 22.9. The first-order valence-corrected chi connectivity index (χ1v) is 6.81. The van der Waals surface area contributed by atoms with Gasteiger partial charge < -0.3 is 14.8 Å². The molecule has 0 aromatic heterocycles. The first-order valence-electron chi connectivity index (χ1n) is 6.43. The molecule has 2 aromatic carbocycles. The van der Waals surface area contributed by atoms with Gasteiger partial charge in [-0.25, -0.2) is 0 Å². The quantitative estimate of drug-likeness (QED) is 0.666. The molecule has 0 aliphatic heterocycles. The Morgan fingerprint density at radius 2 is 1.83 bits per heavy atom. The molecule has 0 heterocycles. The summed E-state index contributed by atoms with van der Waals surface area (Å²) in [5.74, 6) is -0.271. The van der Waals surface area contributed by atoms with E-state index in [-0.39, 0.29) is 22.7 Å². The molecule has 0 atom stereocenters. The lowest BCUT2D eigenvalue weighted by Gasteiger charge is -2.11. The van der Waals surface area contributed by atoms with Crippen molar-refractivity contribution >= 4 is 28.9 Å². The zero-order valence-corrected chi connectivity index (χ0v) is 13.1. The van der Waals surface area contributed by atoms with E-state index in [9.17, 15) is 14.9 Å². The van der Waals surface area contributed by atoms with E-state index in [0.29, 0.717) is 10.7 Å². The summed E-state index contributed by atoms with van der Waals surface area (Å²) in [6, 6.07) is 8.86. The minimum Gasteiger partial charge on any atom is -0.493 e. The molecule has 1 amide bonds. The molecular weight excluding hydrogens is 324 g/mol. The maximum atomic E-state index is 12.4. The van der Waals surface area contributed by atoms with Gasteiger partial charge in [0.05, 0.1) is 25.2 Å². The Kier molecular flexibility index (Phi) is 5.02. The van der Waals surface area contributed by atoms with Crippen molar-refractivity contribution in [2.24, 2.45) is 0 Å². The number of anilines is 1. The van der Waals surface area contributed by atoms with Gasteiger partial charge in [-0.05, 0) is 18.2 Å². The Bertz CT molecular complexity index is 764. The van der Waals surface area contributed by atoms with Crippen LogP contribution in [0.5, 0.6) is 11.5 Å². The molecule has 23 heavy (non-hydrogen) atoms. The number of carbonyl (C=O) groups is 1. The third-order valence-electron chi connectivity index (χ3n) is 3.03. The minimum absolute atomic E-state index is 0.146. The predicted molar refractivity (Wildman–Crippen MR) is 85.6 cm³/mol. The Morgan fingerprint density at radius 3 is 2.39 bits per heavy atom. The van der Waals surface area contributed by atoms with Crippen LogP contribution >= 0.6 is 11.6 Å². The largest absolute Gasteiger partial charge is 0.493 e. The van der Waals surface area contributed by atoms with Crippen molar-refractivity contribution in [3.05, 3.63) is 57.1 Å². The maximum Gasteiger partial charge on any atom is 0.286 e. The van der Waals surface area contributed by atoms with Gasteiger partial charge in [-0.3, -0.25) is 14.9 Å². The fraction of sp³-hybridized carbons (Fsp3) is 0.133. The van der Waals surface area contributed by atoms with Gasteiger partial charge in [0.25, 0.3) is 11.6 Å². The highest BCUT2D eigenvalue weighted by Crippen LogP contribution is 2.34. The Balaban J connectivity index is 2.44. The zero-order valence-electron chi connectivity index (χ0n) is 12.3. The average molecular weight is 337 g/mol. The van der Waals surface area contributed by atoms with E-state index < -0.39 is 10.8 Å². The van der Waals surface area contributed by atoms with Crippen LogP contribution in [0.1, 0.15) is 10.4 Å². The number of nitro groups is 1. The Hall–Kier alpha value is -2.80. The van der Waals surface area contributed by atoms with Crippen LogP contribution in [0, 0.1) is 10.1 Å². The van der Waals surface area contributed by atoms with Gasteiger partial charge in [0, 0.05) is 16.8 Å². The topological polar surface area (TPSA) is 90.7 Å². The second kappa shape index (κ2) is 6.97.